The maximum Gasteiger partial charge on any atom is 0.234 e. The van der Waals surface area contributed by atoms with Gasteiger partial charge < -0.3 is 11.1 Å². The largest absolute Gasteiger partial charge is 0.397 e. The standard InChI is InChI=1S/C10H8Cl2N4OS2/c11-5-1-6(12)9(7(13)2-5)16-8(17)3-18-10-14-4-15-19-10/h1-2,4H,3,13H2,(H,16,17). The van der Waals surface area contributed by atoms with Gasteiger partial charge in [0, 0.05) is 5.02 Å². The van der Waals surface area contributed by atoms with E-state index in [2.05, 4.69) is 14.7 Å². The quantitative estimate of drug-likeness (QED) is 0.663. The number of aromatic nitrogens is 2. The van der Waals surface area contributed by atoms with Crippen LogP contribution in [0, 0.1) is 0 Å². The van der Waals surface area contributed by atoms with Crippen molar-refractivity contribution in [1.29, 1.82) is 0 Å². The average molecular weight is 335 g/mol. The van der Waals surface area contributed by atoms with Crippen LogP contribution in [0.5, 0.6) is 0 Å². The molecule has 19 heavy (non-hydrogen) atoms. The molecule has 1 aromatic heterocycles. The number of amides is 1. The predicted octanol–water partition coefficient (Wildman–Crippen LogP) is 3.16. The van der Waals surface area contributed by atoms with Gasteiger partial charge in [0.25, 0.3) is 0 Å². The highest BCUT2D eigenvalue weighted by Crippen LogP contribution is 2.32. The molecule has 0 aliphatic rings. The fourth-order valence-corrected chi connectivity index (χ4v) is 3.05. The number of benzene rings is 1. The van der Waals surface area contributed by atoms with Crippen molar-refractivity contribution in [3.05, 3.63) is 28.5 Å². The fourth-order valence-electron chi connectivity index (χ4n) is 1.25. The average Bonchev–Trinajstić information content (AvgIpc) is 2.84. The van der Waals surface area contributed by atoms with Gasteiger partial charge in [-0.25, -0.2) is 4.98 Å². The fraction of sp³-hybridized carbons (Fsp3) is 0.100. The first-order valence-corrected chi connectivity index (χ1v) is 7.51. The Kier molecular flexibility index (Phi) is 4.87. The Balaban J connectivity index is 1.99. The summed E-state index contributed by atoms with van der Waals surface area (Å²) < 4.78 is 4.57. The number of nitrogens with two attached hydrogens (primary N) is 1. The van der Waals surface area contributed by atoms with Gasteiger partial charge >= 0.3 is 0 Å². The van der Waals surface area contributed by atoms with Gasteiger partial charge in [0.1, 0.15) is 6.33 Å². The molecular formula is C10H8Cl2N4OS2. The van der Waals surface area contributed by atoms with E-state index in [9.17, 15) is 4.79 Å². The molecule has 5 nitrogen and oxygen atoms in total. The van der Waals surface area contributed by atoms with Gasteiger partial charge in [-0.05, 0) is 23.7 Å². The molecular weight excluding hydrogens is 327 g/mol. The number of carbonyl (C=O) groups excluding carboxylic acids is 1. The molecule has 3 N–H and O–H groups in total. The first kappa shape index (κ1) is 14.4. The molecule has 100 valence electrons. The summed E-state index contributed by atoms with van der Waals surface area (Å²) in [4.78, 5) is 15.7. The van der Waals surface area contributed by atoms with Crippen molar-refractivity contribution in [2.45, 2.75) is 4.34 Å². The summed E-state index contributed by atoms with van der Waals surface area (Å²) in [5.41, 5.74) is 6.45. The van der Waals surface area contributed by atoms with Crippen molar-refractivity contribution in [2.75, 3.05) is 16.8 Å². The molecule has 1 aromatic carbocycles. The van der Waals surface area contributed by atoms with Crippen molar-refractivity contribution >= 4 is 63.8 Å². The van der Waals surface area contributed by atoms with Gasteiger partial charge in [-0.2, -0.15) is 4.37 Å². The van der Waals surface area contributed by atoms with Crippen molar-refractivity contribution in [2.24, 2.45) is 0 Å². The minimum Gasteiger partial charge on any atom is -0.397 e. The number of anilines is 2. The van der Waals surface area contributed by atoms with E-state index in [1.807, 2.05) is 0 Å². The summed E-state index contributed by atoms with van der Waals surface area (Å²) >= 11 is 14.3. The molecule has 0 radical (unpaired) electrons. The molecule has 9 heteroatoms. The zero-order valence-electron chi connectivity index (χ0n) is 9.39. The molecule has 2 aromatic rings. The molecule has 2 rings (SSSR count). The lowest BCUT2D eigenvalue weighted by Crippen LogP contribution is -2.15. The highest BCUT2D eigenvalue weighted by atomic mass is 35.5. The molecule has 1 heterocycles. The third-order valence-corrected chi connectivity index (χ3v) is 4.33. The normalized spacial score (nSPS) is 10.4. The molecule has 0 bridgehead atoms. The lowest BCUT2D eigenvalue weighted by molar-refractivity contribution is -0.113. The molecule has 0 spiro atoms. The molecule has 0 atom stereocenters. The minimum absolute atomic E-state index is 0.202. The third-order valence-electron chi connectivity index (χ3n) is 2.02. The number of carbonyl (C=O) groups is 1. The van der Waals surface area contributed by atoms with Crippen molar-refractivity contribution < 1.29 is 4.79 Å². The lowest BCUT2D eigenvalue weighted by atomic mass is 10.2. The number of hydrogen-bond acceptors (Lipinski definition) is 6. The molecule has 0 aliphatic carbocycles. The zero-order chi connectivity index (χ0) is 13.8. The molecule has 0 saturated heterocycles. The Hall–Kier alpha value is -1.02. The van der Waals surface area contributed by atoms with E-state index in [1.54, 1.807) is 0 Å². The highest BCUT2D eigenvalue weighted by Gasteiger charge is 2.11. The van der Waals surface area contributed by atoms with E-state index in [1.165, 1.54) is 41.8 Å². The molecule has 0 aliphatic heterocycles. The summed E-state index contributed by atoms with van der Waals surface area (Å²) in [6, 6.07) is 3.05. The van der Waals surface area contributed by atoms with Crippen molar-refractivity contribution in [3.63, 3.8) is 0 Å². The number of hydrogen-bond donors (Lipinski definition) is 2. The molecule has 0 saturated carbocycles. The first-order valence-electron chi connectivity index (χ1n) is 5.00. The van der Waals surface area contributed by atoms with Crippen LogP contribution in [0.4, 0.5) is 11.4 Å². The Morgan fingerprint density at radius 3 is 2.89 bits per heavy atom. The van der Waals surface area contributed by atoms with E-state index in [-0.39, 0.29) is 11.7 Å². The van der Waals surface area contributed by atoms with E-state index in [0.29, 0.717) is 21.4 Å². The summed E-state index contributed by atoms with van der Waals surface area (Å²) in [5.74, 6) is -0.0238. The van der Waals surface area contributed by atoms with Gasteiger partial charge in [-0.15, -0.1) is 0 Å². The highest BCUT2D eigenvalue weighted by molar-refractivity contribution is 8.01. The Morgan fingerprint density at radius 2 is 2.26 bits per heavy atom. The molecule has 0 fully saturated rings. The van der Waals surface area contributed by atoms with Crippen LogP contribution in [0.1, 0.15) is 0 Å². The monoisotopic (exact) mass is 334 g/mol. The van der Waals surface area contributed by atoms with Crippen LogP contribution in [-0.2, 0) is 4.79 Å². The zero-order valence-corrected chi connectivity index (χ0v) is 12.5. The number of nitrogen functional groups attached to an aromatic ring is 1. The SMILES string of the molecule is Nc1cc(Cl)cc(Cl)c1NC(=O)CSc1ncns1. The lowest BCUT2D eigenvalue weighted by Gasteiger charge is -2.10. The number of rotatable bonds is 4. The van der Waals surface area contributed by atoms with Crippen molar-refractivity contribution in [3.8, 4) is 0 Å². The Labute approximate surface area is 127 Å². The van der Waals surface area contributed by atoms with Gasteiger partial charge in [-0.3, -0.25) is 4.79 Å². The first-order chi connectivity index (χ1) is 9.06. The van der Waals surface area contributed by atoms with Crippen LogP contribution < -0.4 is 11.1 Å². The number of halogens is 2. The van der Waals surface area contributed by atoms with Crippen LogP contribution in [-0.4, -0.2) is 21.0 Å². The van der Waals surface area contributed by atoms with Crippen LogP contribution in [0.15, 0.2) is 22.8 Å². The van der Waals surface area contributed by atoms with Gasteiger partial charge in [-0.1, -0.05) is 35.0 Å². The number of nitrogens with one attached hydrogen (secondary N) is 1. The third kappa shape index (κ3) is 3.97. The topological polar surface area (TPSA) is 80.9 Å². The summed E-state index contributed by atoms with van der Waals surface area (Å²) in [6.07, 6.45) is 1.44. The maximum atomic E-state index is 11.8. The van der Waals surface area contributed by atoms with Crippen LogP contribution >= 0.6 is 46.5 Å². The van der Waals surface area contributed by atoms with E-state index in [0.717, 1.165) is 4.34 Å². The van der Waals surface area contributed by atoms with E-state index < -0.39 is 0 Å². The van der Waals surface area contributed by atoms with Crippen LogP contribution in [0.3, 0.4) is 0 Å². The molecule has 1 amide bonds. The van der Waals surface area contributed by atoms with Gasteiger partial charge in [0.15, 0.2) is 4.34 Å². The van der Waals surface area contributed by atoms with E-state index >= 15 is 0 Å². The smallest absolute Gasteiger partial charge is 0.234 e. The summed E-state index contributed by atoms with van der Waals surface area (Å²) in [7, 11) is 0. The summed E-state index contributed by atoms with van der Waals surface area (Å²) in [5, 5.41) is 3.37. The Bertz CT molecular complexity index is 568. The second-order valence-electron chi connectivity index (χ2n) is 3.40. The maximum absolute atomic E-state index is 11.8. The van der Waals surface area contributed by atoms with Gasteiger partial charge in [0.05, 0.1) is 22.2 Å². The van der Waals surface area contributed by atoms with E-state index in [4.69, 9.17) is 28.9 Å². The number of thioether (sulfide) groups is 1. The van der Waals surface area contributed by atoms with Crippen LogP contribution in [0.25, 0.3) is 0 Å². The second-order valence-corrected chi connectivity index (χ2v) is 6.24. The summed E-state index contributed by atoms with van der Waals surface area (Å²) in [6.45, 7) is 0. The van der Waals surface area contributed by atoms with Crippen LogP contribution in [0.2, 0.25) is 10.0 Å². The second kappa shape index (κ2) is 6.42. The predicted molar refractivity (Wildman–Crippen MR) is 80.1 cm³/mol. The number of nitrogens with zero attached hydrogens (tertiary/aromatic N) is 2. The van der Waals surface area contributed by atoms with Crippen molar-refractivity contribution in [1.82, 2.24) is 9.36 Å². The van der Waals surface area contributed by atoms with Gasteiger partial charge in [0.2, 0.25) is 5.91 Å². The Morgan fingerprint density at radius 1 is 1.47 bits per heavy atom. The molecule has 0 unspecified atom stereocenters. The minimum atomic E-state index is -0.226.